The largest absolute Gasteiger partial charge is 0.481 e. The Kier molecular flexibility index (Phi) is 3.47. The van der Waals surface area contributed by atoms with E-state index in [0.717, 1.165) is 38.5 Å². The molecule has 0 amide bonds. The summed E-state index contributed by atoms with van der Waals surface area (Å²) in [5, 5.41) is 9.36. The van der Waals surface area contributed by atoms with E-state index in [-0.39, 0.29) is 5.41 Å². The molecule has 3 aliphatic rings. The Morgan fingerprint density at radius 1 is 1.06 bits per heavy atom. The highest BCUT2D eigenvalue weighted by Gasteiger charge is 2.52. The maximum Gasteiger partial charge on any atom is 0.309 e. The molecule has 18 heavy (non-hydrogen) atoms. The van der Waals surface area contributed by atoms with Gasteiger partial charge in [0.15, 0.2) is 0 Å². The van der Waals surface area contributed by atoms with Crippen LogP contribution in [0, 0.1) is 10.8 Å². The summed E-state index contributed by atoms with van der Waals surface area (Å²) in [6, 6.07) is 0. The van der Waals surface area contributed by atoms with Gasteiger partial charge in [0.25, 0.3) is 0 Å². The molecule has 0 aromatic rings. The van der Waals surface area contributed by atoms with Crippen LogP contribution in [0.2, 0.25) is 0 Å². The fourth-order valence-electron chi connectivity index (χ4n) is 3.45. The second-order valence-corrected chi connectivity index (χ2v) is 5.78. The van der Waals surface area contributed by atoms with Crippen molar-refractivity contribution in [3.8, 4) is 0 Å². The number of rotatable bonds is 4. The summed E-state index contributed by atoms with van der Waals surface area (Å²) in [5.41, 5.74) is 0.934. The van der Waals surface area contributed by atoms with Crippen molar-refractivity contribution < 1.29 is 9.90 Å². The van der Waals surface area contributed by atoms with E-state index in [1.54, 1.807) is 0 Å². The predicted molar refractivity (Wildman–Crippen MR) is 73.3 cm³/mol. The van der Waals surface area contributed by atoms with Crippen molar-refractivity contribution in [1.29, 1.82) is 0 Å². The van der Waals surface area contributed by atoms with Crippen molar-refractivity contribution in [3.05, 3.63) is 36.5 Å². The summed E-state index contributed by atoms with van der Waals surface area (Å²) in [4.78, 5) is 11.4. The van der Waals surface area contributed by atoms with Gasteiger partial charge in [0.1, 0.15) is 0 Å². The van der Waals surface area contributed by atoms with Gasteiger partial charge < -0.3 is 5.11 Å². The summed E-state index contributed by atoms with van der Waals surface area (Å²) < 4.78 is 0. The van der Waals surface area contributed by atoms with Crippen LogP contribution in [0.1, 0.15) is 45.4 Å². The molecule has 0 aliphatic heterocycles. The highest BCUT2D eigenvalue weighted by molar-refractivity contribution is 5.75. The van der Waals surface area contributed by atoms with Gasteiger partial charge in [0, 0.05) is 0 Å². The average molecular weight is 246 g/mol. The highest BCUT2D eigenvalue weighted by atomic mass is 16.4. The predicted octanol–water partition coefficient (Wildman–Crippen LogP) is 4.10. The van der Waals surface area contributed by atoms with Crippen molar-refractivity contribution in [2.24, 2.45) is 10.8 Å². The fourth-order valence-corrected chi connectivity index (χ4v) is 3.45. The second kappa shape index (κ2) is 4.75. The lowest BCUT2D eigenvalue weighted by Crippen LogP contribution is -2.46. The number of allylic oxidation sites excluding steroid dienone is 5. The van der Waals surface area contributed by atoms with Gasteiger partial charge >= 0.3 is 5.97 Å². The van der Waals surface area contributed by atoms with Gasteiger partial charge in [-0.25, -0.2) is 0 Å². The maximum atomic E-state index is 11.4. The Bertz CT molecular complexity index is 390. The van der Waals surface area contributed by atoms with Crippen LogP contribution in [0.25, 0.3) is 0 Å². The van der Waals surface area contributed by atoms with Crippen LogP contribution < -0.4 is 0 Å². The third-order valence-corrected chi connectivity index (χ3v) is 4.98. The molecule has 1 N–H and O–H groups in total. The van der Waals surface area contributed by atoms with Crippen LogP contribution >= 0.6 is 0 Å². The molecule has 0 radical (unpaired) electrons. The highest BCUT2D eigenvalue weighted by Crippen LogP contribution is 2.59. The lowest BCUT2D eigenvalue weighted by atomic mass is 9.52. The first-order chi connectivity index (χ1) is 8.55. The van der Waals surface area contributed by atoms with E-state index < -0.39 is 11.4 Å². The number of fused-ring (bicyclic) bond motifs is 3. The van der Waals surface area contributed by atoms with E-state index in [9.17, 15) is 9.90 Å². The summed E-state index contributed by atoms with van der Waals surface area (Å²) in [6.07, 6.45) is 13.5. The molecule has 0 heterocycles. The van der Waals surface area contributed by atoms with Crippen LogP contribution in [-0.4, -0.2) is 11.1 Å². The molecule has 2 nitrogen and oxygen atoms in total. The van der Waals surface area contributed by atoms with Crippen LogP contribution in [0.5, 0.6) is 0 Å². The van der Waals surface area contributed by atoms with Gasteiger partial charge in [-0.2, -0.15) is 0 Å². The third kappa shape index (κ3) is 2.05. The van der Waals surface area contributed by atoms with Gasteiger partial charge in [-0.15, -0.1) is 0 Å². The van der Waals surface area contributed by atoms with E-state index >= 15 is 0 Å². The number of carboxylic acids is 1. The van der Waals surface area contributed by atoms with Gasteiger partial charge in [-0.1, -0.05) is 30.9 Å². The molecule has 2 bridgehead atoms. The zero-order chi connectivity index (χ0) is 13.2. The SMILES string of the molecule is C=C(/C=C\C=C/C)C12CCC(C(=O)O)(CC1)CC2. The number of carbonyl (C=O) groups is 1. The molecule has 3 saturated carbocycles. The standard InChI is InChI=1S/C16H22O2/c1-3-4-5-6-13(2)15-7-10-16(11-8-15,12-9-15)14(17)18/h3-6H,2,7-12H2,1H3,(H,17,18)/b4-3-,6-5-. The van der Waals surface area contributed by atoms with Gasteiger partial charge in [-0.3, -0.25) is 4.79 Å². The molecule has 0 aromatic heterocycles. The molecule has 3 rings (SSSR count). The lowest BCUT2D eigenvalue weighted by Gasteiger charge is -2.52. The molecular formula is C16H22O2. The van der Waals surface area contributed by atoms with Gasteiger partial charge in [0.2, 0.25) is 0 Å². The van der Waals surface area contributed by atoms with Crippen molar-refractivity contribution >= 4 is 5.97 Å². The summed E-state index contributed by atoms with van der Waals surface area (Å²) >= 11 is 0. The number of carboxylic acid groups (broad SMARTS) is 1. The zero-order valence-corrected chi connectivity index (χ0v) is 11.1. The smallest absolute Gasteiger partial charge is 0.309 e. The van der Waals surface area contributed by atoms with Crippen molar-refractivity contribution in [2.75, 3.05) is 0 Å². The van der Waals surface area contributed by atoms with Crippen molar-refractivity contribution in [3.63, 3.8) is 0 Å². The van der Waals surface area contributed by atoms with Crippen molar-refractivity contribution in [1.82, 2.24) is 0 Å². The molecule has 0 saturated heterocycles. The second-order valence-electron chi connectivity index (χ2n) is 5.78. The zero-order valence-electron chi connectivity index (χ0n) is 11.1. The third-order valence-electron chi connectivity index (χ3n) is 4.98. The normalized spacial score (nSPS) is 35.4. The quantitative estimate of drug-likeness (QED) is 0.758. The summed E-state index contributed by atoms with van der Waals surface area (Å²) in [6.45, 7) is 6.21. The first-order valence-electron chi connectivity index (χ1n) is 6.77. The van der Waals surface area contributed by atoms with E-state index in [1.807, 2.05) is 25.2 Å². The first kappa shape index (κ1) is 13.1. The van der Waals surface area contributed by atoms with Crippen LogP contribution in [0.4, 0.5) is 0 Å². The Morgan fingerprint density at radius 3 is 2.00 bits per heavy atom. The fraction of sp³-hybridized carbons (Fsp3) is 0.562. The van der Waals surface area contributed by atoms with Gasteiger partial charge in [0.05, 0.1) is 5.41 Å². The van der Waals surface area contributed by atoms with E-state index in [1.165, 1.54) is 5.57 Å². The van der Waals surface area contributed by atoms with E-state index in [2.05, 4.69) is 12.7 Å². The molecule has 0 spiro atoms. The molecule has 2 heteroatoms. The topological polar surface area (TPSA) is 37.3 Å². The molecule has 0 unspecified atom stereocenters. The minimum atomic E-state index is -0.592. The molecule has 0 atom stereocenters. The summed E-state index contributed by atoms with van der Waals surface area (Å²) in [5.74, 6) is -0.592. The molecule has 3 aliphatic carbocycles. The first-order valence-corrected chi connectivity index (χ1v) is 6.77. The molecule has 98 valence electrons. The number of hydrogen-bond acceptors (Lipinski definition) is 1. The van der Waals surface area contributed by atoms with Crippen LogP contribution in [0.15, 0.2) is 36.5 Å². The Morgan fingerprint density at radius 2 is 1.56 bits per heavy atom. The Hall–Kier alpha value is -1.31. The van der Waals surface area contributed by atoms with Gasteiger partial charge in [-0.05, 0) is 56.4 Å². The molecule has 3 fully saturated rings. The summed E-state index contributed by atoms with van der Waals surface area (Å²) in [7, 11) is 0. The Balaban J connectivity index is 2.09. The molecule has 0 aromatic carbocycles. The van der Waals surface area contributed by atoms with Crippen LogP contribution in [-0.2, 0) is 4.79 Å². The lowest BCUT2D eigenvalue weighted by molar-refractivity contribution is -0.157. The monoisotopic (exact) mass is 246 g/mol. The number of aliphatic carboxylic acids is 1. The van der Waals surface area contributed by atoms with Crippen LogP contribution in [0.3, 0.4) is 0 Å². The average Bonchev–Trinajstić information content (AvgIpc) is 2.41. The minimum absolute atomic E-state index is 0.176. The van der Waals surface area contributed by atoms with E-state index in [4.69, 9.17) is 0 Å². The van der Waals surface area contributed by atoms with Crippen molar-refractivity contribution in [2.45, 2.75) is 45.4 Å². The Labute approximate surface area is 109 Å². The number of hydrogen-bond donors (Lipinski definition) is 1. The maximum absolute atomic E-state index is 11.4. The van der Waals surface area contributed by atoms with E-state index in [0.29, 0.717) is 0 Å². The minimum Gasteiger partial charge on any atom is -0.481 e. The molecular weight excluding hydrogens is 224 g/mol.